The van der Waals surface area contributed by atoms with Crippen LogP contribution in [0.5, 0.6) is 0 Å². The van der Waals surface area contributed by atoms with Gasteiger partial charge in [-0.05, 0) is 12.5 Å². The van der Waals surface area contributed by atoms with Gasteiger partial charge >= 0.3 is 0 Å². The van der Waals surface area contributed by atoms with Gasteiger partial charge in [0, 0.05) is 12.7 Å². The van der Waals surface area contributed by atoms with Crippen molar-refractivity contribution in [1.82, 2.24) is 9.97 Å². The van der Waals surface area contributed by atoms with E-state index >= 15 is 0 Å². The monoisotopic (exact) mass is 208 g/mol. The second-order valence-corrected chi connectivity index (χ2v) is 3.61. The highest BCUT2D eigenvalue weighted by Gasteiger charge is 2.23. The van der Waals surface area contributed by atoms with Crippen molar-refractivity contribution in [2.75, 3.05) is 30.4 Å². The maximum atomic E-state index is 5.64. The third kappa shape index (κ3) is 2.18. The molecule has 2 rings (SSSR count). The van der Waals surface area contributed by atoms with Crippen LogP contribution in [-0.2, 0) is 4.74 Å². The zero-order valence-corrected chi connectivity index (χ0v) is 8.89. The molecule has 1 atom stereocenters. The quantitative estimate of drug-likeness (QED) is 0.774. The van der Waals surface area contributed by atoms with Gasteiger partial charge in [0.1, 0.15) is 5.82 Å². The average Bonchev–Trinajstić information content (AvgIpc) is 2.29. The predicted octanol–water partition coefficient (Wildman–Crippen LogP) is 0.674. The van der Waals surface area contributed by atoms with Crippen LogP contribution in [0.1, 0.15) is 13.3 Å². The van der Waals surface area contributed by atoms with Gasteiger partial charge < -0.3 is 15.4 Å². The molecule has 0 amide bonds. The summed E-state index contributed by atoms with van der Waals surface area (Å²) in [5, 5.41) is 0. The molecule has 1 unspecified atom stereocenters. The highest BCUT2D eigenvalue weighted by atomic mass is 16.5. The highest BCUT2D eigenvalue weighted by Crippen LogP contribution is 2.17. The number of nitrogen functional groups attached to an aromatic ring is 1. The van der Waals surface area contributed by atoms with Gasteiger partial charge in [0.15, 0.2) is 0 Å². The van der Waals surface area contributed by atoms with E-state index in [-0.39, 0.29) is 0 Å². The number of hydrogen-bond acceptors (Lipinski definition) is 5. The van der Waals surface area contributed by atoms with E-state index in [0.29, 0.717) is 17.8 Å². The van der Waals surface area contributed by atoms with Crippen LogP contribution in [0, 0.1) is 0 Å². The van der Waals surface area contributed by atoms with Gasteiger partial charge in [-0.3, -0.25) is 0 Å². The zero-order valence-electron chi connectivity index (χ0n) is 8.89. The summed E-state index contributed by atoms with van der Waals surface area (Å²) >= 11 is 0. The minimum absolute atomic E-state index is 0.362. The number of anilines is 2. The molecular weight excluding hydrogens is 192 g/mol. The van der Waals surface area contributed by atoms with Crippen LogP contribution in [0.2, 0.25) is 0 Å². The second-order valence-electron chi connectivity index (χ2n) is 3.61. The van der Waals surface area contributed by atoms with Crippen molar-refractivity contribution in [3.8, 4) is 0 Å². The summed E-state index contributed by atoms with van der Waals surface area (Å²) in [6.45, 7) is 4.45. The van der Waals surface area contributed by atoms with Crippen LogP contribution >= 0.6 is 0 Å². The molecule has 15 heavy (non-hydrogen) atoms. The van der Waals surface area contributed by atoms with Gasteiger partial charge in [0.05, 0.1) is 19.3 Å². The first-order chi connectivity index (χ1) is 7.31. The molecule has 1 aliphatic rings. The van der Waals surface area contributed by atoms with Crippen LogP contribution in [0.4, 0.5) is 11.8 Å². The van der Waals surface area contributed by atoms with Gasteiger partial charge in [-0.1, -0.05) is 6.92 Å². The third-order valence-electron chi connectivity index (χ3n) is 2.62. The first-order valence-electron chi connectivity index (χ1n) is 5.24. The topological polar surface area (TPSA) is 64.3 Å². The fourth-order valence-electron chi connectivity index (χ4n) is 1.76. The van der Waals surface area contributed by atoms with E-state index in [1.165, 1.54) is 0 Å². The Bertz CT molecular complexity index is 331. The SMILES string of the molecule is CCC1COCCN1c1nccc(N)n1. The van der Waals surface area contributed by atoms with Crippen LogP contribution < -0.4 is 10.6 Å². The standard InChI is InChI=1S/C10H16N4O/c1-2-8-7-15-6-5-14(8)10-12-4-3-9(11)13-10/h3-4,8H,2,5-7H2,1H3,(H2,11,12,13). The number of nitrogens with two attached hydrogens (primary N) is 1. The van der Waals surface area contributed by atoms with Crippen LogP contribution in [0.3, 0.4) is 0 Å². The normalized spacial score (nSPS) is 21.7. The van der Waals surface area contributed by atoms with Crippen LogP contribution in [-0.4, -0.2) is 35.8 Å². The summed E-state index contributed by atoms with van der Waals surface area (Å²) in [6.07, 6.45) is 2.72. The van der Waals surface area contributed by atoms with Crippen molar-refractivity contribution >= 4 is 11.8 Å². The van der Waals surface area contributed by atoms with E-state index in [0.717, 1.165) is 26.2 Å². The molecule has 0 spiro atoms. The average molecular weight is 208 g/mol. The molecule has 5 nitrogen and oxygen atoms in total. The fourth-order valence-corrected chi connectivity index (χ4v) is 1.76. The summed E-state index contributed by atoms with van der Waals surface area (Å²) in [5.74, 6) is 1.23. The predicted molar refractivity (Wildman–Crippen MR) is 58.7 cm³/mol. The zero-order chi connectivity index (χ0) is 10.7. The summed E-state index contributed by atoms with van der Waals surface area (Å²) in [7, 11) is 0. The molecule has 1 saturated heterocycles. The number of ether oxygens (including phenoxy) is 1. The molecule has 1 aliphatic heterocycles. The Balaban J connectivity index is 2.20. The van der Waals surface area contributed by atoms with Gasteiger partial charge in [0.2, 0.25) is 5.95 Å². The minimum Gasteiger partial charge on any atom is -0.384 e. The number of aromatic nitrogens is 2. The van der Waals surface area contributed by atoms with E-state index < -0.39 is 0 Å². The molecule has 2 N–H and O–H groups in total. The van der Waals surface area contributed by atoms with Gasteiger partial charge in [-0.15, -0.1) is 0 Å². The van der Waals surface area contributed by atoms with E-state index in [9.17, 15) is 0 Å². The summed E-state index contributed by atoms with van der Waals surface area (Å²) in [5.41, 5.74) is 5.64. The third-order valence-corrected chi connectivity index (χ3v) is 2.62. The van der Waals surface area contributed by atoms with Crippen LogP contribution in [0.25, 0.3) is 0 Å². The number of morpholine rings is 1. The summed E-state index contributed by atoms with van der Waals surface area (Å²) < 4.78 is 5.43. The smallest absolute Gasteiger partial charge is 0.227 e. The molecule has 82 valence electrons. The molecule has 0 aromatic carbocycles. The lowest BCUT2D eigenvalue weighted by Crippen LogP contribution is -2.46. The van der Waals surface area contributed by atoms with Crippen molar-refractivity contribution in [3.05, 3.63) is 12.3 Å². The van der Waals surface area contributed by atoms with E-state index in [4.69, 9.17) is 10.5 Å². The molecule has 1 fully saturated rings. The van der Waals surface area contributed by atoms with E-state index in [2.05, 4.69) is 21.8 Å². The largest absolute Gasteiger partial charge is 0.384 e. The lowest BCUT2D eigenvalue weighted by molar-refractivity contribution is 0.0921. The second kappa shape index (κ2) is 4.44. The summed E-state index contributed by atoms with van der Waals surface area (Å²) in [4.78, 5) is 10.6. The van der Waals surface area contributed by atoms with Gasteiger partial charge in [0.25, 0.3) is 0 Å². The highest BCUT2D eigenvalue weighted by molar-refractivity contribution is 5.39. The molecule has 0 saturated carbocycles. The number of hydrogen-bond donors (Lipinski definition) is 1. The van der Waals surface area contributed by atoms with Crippen molar-refractivity contribution in [2.45, 2.75) is 19.4 Å². The van der Waals surface area contributed by atoms with Gasteiger partial charge in [-0.2, -0.15) is 4.98 Å². The van der Waals surface area contributed by atoms with Crippen molar-refractivity contribution < 1.29 is 4.74 Å². The maximum Gasteiger partial charge on any atom is 0.227 e. The minimum atomic E-state index is 0.362. The Morgan fingerprint density at radius 1 is 1.67 bits per heavy atom. The van der Waals surface area contributed by atoms with E-state index in [1.807, 2.05) is 0 Å². The van der Waals surface area contributed by atoms with Crippen molar-refractivity contribution in [3.63, 3.8) is 0 Å². The maximum absolute atomic E-state index is 5.64. The Morgan fingerprint density at radius 2 is 2.53 bits per heavy atom. The Kier molecular flexibility index (Phi) is 3.01. The lowest BCUT2D eigenvalue weighted by atomic mass is 10.2. The lowest BCUT2D eigenvalue weighted by Gasteiger charge is -2.34. The van der Waals surface area contributed by atoms with Gasteiger partial charge in [-0.25, -0.2) is 4.98 Å². The fraction of sp³-hybridized carbons (Fsp3) is 0.600. The molecule has 1 aromatic rings. The molecule has 0 bridgehead atoms. The summed E-state index contributed by atoms with van der Waals surface area (Å²) in [6, 6.07) is 2.06. The Hall–Kier alpha value is -1.36. The molecule has 1 aromatic heterocycles. The van der Waals surface area contributed by atoms with Crippen molar-refractivity contribution in [1.29, 1.82) is 0 Å². The Morgan fingerprint density at radius 3 is 3.27 bits per heavy atom. The first kappa shape index (κ1) is 10.2. The molecule has 0 radical (unpaired) electrons. The van der Waals surface area contributed by atoms with E-state index in [1.54, 1.807) is 12.3 Å². The van der Waals surface area contributed by atoms with Crippen molar-refractivity contribution in [2.24, 2.45) is 0 Å². The Labute approximate surface area is 89.3 Å². The number of nitrogens with zero attached hydrogens (tertiary/aromatic N) is 3. The molecular formula is C10H16N4O. The molecule has 5 heteroatoms. The molecule has 2 heterocycles. The first-order valence-corrected chi connectivity index (χ1v) is 5.24. The molecule has 0 aliphatic carbocycles. The number of rotatable bonds is 2. The van der Waals surface area contributed by atoms with Crippen LogP contribution in [0.15, 0.2) is 12.3 Å².